The second kappa shape index (κ2) is 10.1. The van der Waals surface area contributed by atoms with Gasteiger partial charge in [0.25, 0.3) is 5.91 Å². The topological polar surface area (TPSA) is 112 Å². The average molecular weight is 535 g/mol. The van der Waals surface area contributed by atoms with Gasteiger partial charge in [0.05, 0.1) is 60.1 Å². The van der Waals surface area contributed by atoms with Crippen LogP contribution in [0, 0.1) is 6.92 Å². The summed E-state index contributed by atoms with van der Waals surface area (Å²) in [5, 5.41) is 8.39. The first-order valence-electron chi connectivity index (χ1n) is 12.4. The Morgan fingerprint density at radius 3 is 2.47 bits per heavy atom. The largest absolute Gasteiger partial charge is 0.493 e. The van der Waals surface area contributed by atoms with Gasteiger partial charge in [-0.3, -0.25) is 4.79 Å². The molecule has 5 rings (SSSR count). The minimum atomic E-state index is -3.15. The Labute approximate surface area is 221 Å². The number of pyridine rings is 1. The normalized spacial score (nSPS) is 17.3. The molecule has 38 heavy (non-hydrogen) atoms. The van der Waals surface area contributed by atoms with Crippen LogP contribution >= 0.6 is 0 Å². The first kappa shape index (κ1) is 25.7. The highest BCUT2D eigenvalue weighted by Gasteiger charge is 2.32. The van der Waals surface area contributed by atoms with E-state index in [0.29, 0.717) is 45.9 Å². The van der Waals surface area contributed by atoms with E-state index in [1.165, 1.54) is 0 Å². The van der Waals surface area contributed by atoms with Crippen molar-refractivity contribution in [3.8, 4) is 22.8 Å². The van der Waals surface area contributed by atoms with E-state index in [-0.39, 0.29) is 29.5 Å². The lowest BCUT2D eigenvalue weighted by Crippen LogP contribution is -2.27. The summed E-state index contributed by atoms with van der Waals surface area (Å²) in [5.41, 5.74) is 3.77. The van der Waals surface area contributed by atoms with Crippen LogP contribution in [0.1, 0.15) is 47.0 Å². The van der Waals surface area contributed by atoms with E-state index in [1.807, 2.05) is 50.2 Å². The third-order valence-electron chi connectivity index (χ3n) is 6.96. The average Bonchev–Trinajstić information content (AvgIpc) is 3.46. The highest BCUT2D eigenvalue weighted by atomic mass is 32.2. The second-order valence-corrected chi connectivity index (χ2v) is 11.7. The Morgan fingerprint density at radius 1 is 1.08 bits per heavy atom. The van der Waals surface area contributed by atoms with Crippen LogP contribution in [-0.2, 0) is 9.84 Å². The quantitative estimate of drug-likeness (QED) is 0.377. The molecule has 2 atom stereocenters. The van der Waals surface area contributed by atoms with Crippen LogP contribution in [-0.4, -0.2) is 54.8 Å². The molecule has 198 valence electrons. The van der Waals surface area contributed by atoms with E-state index in [2.05, 4.69) is 10.4 Å². The number of hydrogen-bond donors (Lipinski definition) is 1. The van der Waals surface area contributed by atoms with Crippen LogP contribution in [0.25, 0.3) is 22.3 Å². The summed E-state index contributed by atoms with van der Waals surface area (Å²) in [6.07, 6.45) is 0.452. The standard InChI is InChI=1S/C28H30N4O5S/c1-17(19-8-6-5-7-9-19)29-28(33)22-15-23(20-10-11-24(36-3)25(14-20)37-4)30-27-26(22)18(2)31-32(27)21-12-13-38(34,35)16-21/h5-11,14-15,17,21H,12-13,16H2,1-4H3,(H,29,33). The molecule has 10 heteroatoms. The molecule has 1 saturated heterocycles. The van der Waals surface area contributed by atoms with Crippen molar-refractivity contribution < 1.29 is 22.7 Å². The predicted molar refractivity (Wildman–Crippen MR) is 145 cm³/mol. The van der Waals surface area contributed by atoms with Crippen molar-refractivity contribution in [2.45, 2.75) is 32.4 Å². The molecule has 0 spiro atoms. The summed E-state index contributed by atoms with van der Waals surface area (Å²) in [5.74, 6) is 0.941. The number of rotatable bonds is 7. The summed E-state index contributed by atoms with van der Waals surface area (Å²) in [4.78, 5) is 18.6. The molecule has 1 N–H and O–H groups in total. The van der Waals surface area contributed by atoms with Crippen molar-refractivity contribution in [1.82, 2.24) is 20.1 Å². The van der Waals surface area contributed by atoms with Gasteiger partial charge < -0.3 is 14.8 Å². The first-order valence-corrected chi connectivity index (χ1v) is 14.2. The number of methoxy groups -OCH3 is 2. The molecule has 4 aromatic rings. The zero-order chi connectivity index (χ0) is 27.0. The van der Waals surface area contributed by atoms with Crippen molar-refractivity contribution in [2.24, 2.45) is 0 Å². The number of carbonyl (C=O) groups is 1. The molecule has 0 bridgehead atoms. The van der Waals surface area contributed by atoms with Gasteiger partial charge in [-0.1, -0.05) is 30.3 Å². The minimum absolute atomic E-state index is 0.00193. The molecule has 9 nitrogen and oxygen atoms in total. The Morgan fingerprint density at radius 2 is 1.82 bits per heavy atom. The summed E-state index contributed by atoms with van der Waals surface area (Å²) in [7, 11) is -0.0320. The fourth-order valence-corrected chi connectivity index (χ4v) is 6.65. The van der Waals surface area contributed by atoms with Gasteiger partial charge in [-0.15, -0.1) is 0 Å². The van der Waals surface area contributed by atoms with Gasteiger partial charge in [0, 0.05) is 5.56 Å². The number of aryl methyl sites for hydroxylation is 1. The van der Waals surface area contributed by atoms with Crippen molar-refractivity contribution in [3.63, 3.8) is 0 Å². The number of hydrogen-bond acceptors (Lipinski definition) is 7. The molecule has 0 aliphatic carbocycles. The Bertz CT molecular complexity index is 1620. The zero-order valence-corrected chi connectivity index (χ0v) is 22.6. The molecule has 2 aromatic heterocycles. The maximum absolute atomic E-state index is 13.7. The van der Waals surface area contributed by atoms with Crippen LogP contribution in [0.5, 0.6) is 11.5 Å². The molecule has 0 saturated carbocycles. The molecule has 1 amide bonds. The zero-order valence-electron chi connectivity index (χ0n) is 21.8. The smallest absolute Gasteiger partial charge is 0.252 e. The number of nitrogens with zero attached hydrogens (tertiary/aromatic N) is 3. The number of benzene rings is 2. The van der Waals surface area contributed by atoms with Crippen LogP contribution in [0.15, 0.2) is 54.6 Å². The monoisotopic (exact) mass is 534 g/mol. The third-order valence-corrected chi connectivity index (χ3v) is 8.71. The Balaban J connectivity index is 1.66. The number of sulfone groups is 1. The van der Waals surface area contributed by atoms with Gasteiger partial charge in [-0.25, -0.2) is 18.1 Å². The summed E-state index contributed by atoms with van der Waals surface area (Å²) < 4.78 is 37.0. The number of fused-ring (bicyclic) bond motifs is 1. The summed E-state index contributed by atoms with van der Waals surface area (Å²) in [6, 6.07) is 16.3. The lowest BCUT2D eigenvalue weighted by molar-refractivity contribution is 0.0941. The molecule has 0 radical (unpaired) electrons. The van der Waals surface area contributed by atoms with Crippen LogP contribution in [0.3, 0.4) is 0 Å². The number of nitrogens with one attached hydrogen (secondary N) is 1. The van der Waals surface area contributed by atoms with Gasteiger partial charge in [0.2, 0.25) is 0 Å². The van der Waals surface area contributed by atoms with E-state index in [9.17, 15) is 13.2 Å². The number of amides is 1. The molecule has 3 heterocycles. The highest BCUT2D eigenvalue weighted by molar-refractivity contribution is 7.91. The molecular formula is C28H30N4O5S. The highest BCUT2D eigenvalue weighted by Crippen LogP contribution is 2.35. The Kier molecular flexibility index (Phi) is 6.83. The van der Waals surface area contributed by atoms with Crippen molar-refractivity contribution in [3.05, 3.63) is 71.4 Å². The fraction of sp³-hybridized carbons (Fsp3) is 0.321. The van der Waals surface area contributed by atoms with E-state index in [0.717, 1.165) is 11.1 Å². The maximum Gasteiger partial charge on any atom is 0.252 e. The van der Waals surface area contributed by atoms with Gasteiger partial charge >= 0.3 is 0 Å². The van der Waals surface area contributed by atoms with E-state index in [4.69, 9.17) is 14.5 Å². The lowest BCUT2D eigenvalue weighted by Gasteiger charge is -2.16. The van der Waals surface area contributed by atoms with E-state index >= 15 is 0 Å². The number of carbonyl (C=O) groups excluding carboxylic acids is 1. The Hall–Kier alpha value is -3.92. The molecule has 1 fully saturated rings. The third kappa shape index (κ3) is 4.83. The summed E-state index contributed by atoms with van der Waals surface area (Å²) in [6.45, 7) is 3.75. The van der Waals surface area contributed by atoms with Gasteiger partial charge in [0.15, 0.2) is 27.0 Å². The fourth-order valence-electron chi connectivity index (χ4n) is 4.96. The predicted octanol–water partition coefficient (Wildman–Crippen LogP) is 4.27. The van der Waals surface area contributed by atoms with Crippen molar-refractivity contribution >= 4 is 26.8 Å². The molecule has 1 aliphatic heterocycles. The molecule has 2 aromatic carbocycles. The summed E-state index contributed by atoms with van der Waals surface area (Å²) >= 11 is 0. The maximum atomic E-state index is 13.7. The van der Waals surface area contributed by atoms with Crippen LogP contribution in [0.4, 0.5) is 0 Å². The van der Waals surface area contributed by atoms with Crippen LogP contribution in [0.2, 0.25) is 0 Å². The molecule has 2 unspecified atom stereocenters. The van der Waals surface area contributed by atoms with Crippen molar-refractivity contribution in [2.75, 3.05) is 25.7 Å². The van der Waals surface area contributed by atoms with Gasteiger partial charge in [0.1, 0.15) is 0 Å². The van der Waals surface area contributed by atoms with E-state index in [1.54, 1.807) is 37.1 Å². The molecular weight excluding hydrogens is 504 g/mol. The minimum Gasteiger partial charge on any atom is -0.493 e. The SMILES string of the molecule is COc1ccc(-c2cc(C(=O)NC(C)c3ccccc3)c3c(C)nn(C4CCS(=O)(=O)C4)c3n2)cc1OC. The number of ether oxygens (including phenoxy) is 2. The van der Waals surface area contributed by atoms with Gasteiger partial charge in [-0.2, -0.15) is 5.10 Å². The second-order valence-electron chi connectivity index (χ2n) is 9.52. The van der Waals surface area contributed by atoms with Crippen LogP contribution < -0.4 is 14.8 Å². The first-order chi connectivity index (χ1) is 18.2. The van der Waals surface area contributed by atoms with Gasteiger partial charge in [-0.05, 0) is 50.1 Å². The lowest BCUT2D eigenvalue weighted by atomic mass is 10.0. The van der Waals surface area contributed by atoms with Crippen molar-refractivity contribution in [1.29, 1.82) is 0 Å². The van der Waals surface area contributed by atoms with E-state index < -0.39 is 9.84 Å². The number of aromatic nitrogens is 3. The molecule has 1 aliphatic rings.